The largest absolute Gasteiger partial charge is 0.493 e. The van der Waals surface area contributed by atoms with Crippen LogP contribution in [-0.4, -0.2) is 95.4 Å². The average molecular weight is 616 g/mol. The fraction of sp³-hybridized carbons (Fsp3) is 0.536. The summed E-state index contributed by atoms with van der Waals surface area (Å²) in [5, 5.41) is 10.1. The number of aromatic nitrogens is 1. The first-order chi connectivity index (χ1) is 20.3. The monoisotopic (exact) mass is 615 g/mol. The number of hydrogen-bond donors (Lipinski definition) is 2. The lowest BCUT2D eigenvalue weighted by Crippen LogP contribution is -2.43. The van der Waals surface area contributed by atoms with Crippen molar-refractivity contribution in [2.45, 2.75) is 22.6 Å². The lowest BCUT2D eigenvalue weighted by Gasteiger charge is -2.43. The van der Waals surface area contributed by atoms with E-state index in [0.717, 1.165) is 31.7 Å². The molecule has 2 N–H and O–H groups in total. The van der Waals surface area contributed by atoms with E-state index in [-0.39, 0.29) is 46.3 Å². The molecule has 1 aromatic carbocycles. The number of benzene rings is 1. The highest BCUT2D eigenvalue weighted by molar-refractivity contribution is 8.00. The maximum Gasteiger partial charge on any atom is 0.323 e. The zero-order valence-electron chi connectivity index (χ0n) is 22.6. The van der Waals surface area contributed by atoms with Crippen molar-refractivity contribution >= 4 is 46.8 Å². The number of fused-ring (bicyclic) bond motifs is 9. The van der Waals surface area contributed by atoms with Gasteiger partial charge in [-0.05, 0) is 41.9 Å². The van der Waals surface area contributed by atoms with Crippen molar-refractivity contribution in [2.24, 2.45) is 29.6 Å². The van der Waals surface area contributed by atoms with Crippen molar-refractivity contribution in [1.29, 1.82) is 0 Å². The molecule has 2 saturated carbocycles. The van der Waals surface area contributed by atoms with Crippen molar-refractivity contribution < 1.29 is 38.5 Å². The summed E-state index contributed by atoms with van der Waals surface area (Å²) in [5.41, 5.74) is 0.883. The van der Waals surface area contributed by atoms with Crippen molar-refractivity contribution in [3.8, 4) is 11.5 Å². The van der Waals surface area contributed by atoms with Crippen LogP contribution < -0.4 is 14.3 Å². The van der Waals surface area contributed by atoms with Crippen LogP contribution in [0, 0.1) is 29.6 Å². The number of ether oxygens (including phenoxy) is 3. The van der Waals surface area contributed by atoms with E-state index in [0.29, 0.717) is 44.2 Å². The number of rotatable bonds is 7. The third kappa shape index (κ3) is 4.25. The summed E-state index contributed by atoms with van der Waals surface area (Å²) in [6.07, 6.45) is 0.702. The molecule has 2 aromatic rings. The van der Waals surface area contributed by atoms with Gasteiger partial charge in [0.2, 0.25) is 11.8 Å². The Bertz CT molecular complexity index is 1530. The van der Waals surface area contributed by atoms with Gasteiger partial charge in [-0.1, -0.05) is 17.4 Å². The van der Waals surface area contributed by atoms with Crippen molar-refractivity contribution in [1.82, 2.24) is 14.8 Å². The molecule has 222 valence electrons. The number of amides is 3. The Labute approximate surface area is 248 Å². The Morgan fingerprint density at radius 3 is 2.55 bits per heavy atom. The third-order valence-corrected chi connectivity index (χ3v) is 12.0. The molecule has 2 bridgehead atoms. The number of carboxylic acids is 1. The Hall–Kier alpha value is -3.36. The van der Waals surface area contributed by atoms with Crippen molar-refractivity contribution in [3.05, 3.63) is 38.3 Å². The molecule has 3 aliphatic heterocycles. The number of nitrogens with zero attached hydrogens (tertiary/aromatic N) is 2. The molecule has 7 atom stereocenters. The van der Waals surface area contributed by atoms with Gasteiger partial charge < -0.3 is 29.2 Å². The molecule has 4 fully saturated rings. The van der Waals surface area contributed by atoms with Gasteiger partial charge in [-0.25, -0.2) is 0 Å². The number of methoxy groups -OCH3 is 1. The van der Waals surface area contributed by atoms with Crippen molar-refractivity contribution in [3.63, 3.8) is 0 Å². The van der Waals surface area contributed by atoms with Gasteiger partial charge in [-0.2, -0.15) is 0 Å². The molecule has 2 saturated heterocycles. The number of H-pyrrole nitrogens is 1. The number of likely N-dealkylation sites (tertiary alicyclic amines) is 1. The molecule has 6 unspecified atom stereocenters. The van der Waals surface area contributed by atoms with Gasteiger partial charge in [-0.3, -0.25) is 28.9 Å². The molecule has 1 aromatic heterocycles. The first-order valence-electron chi connectivity index (χ1n) is 13.9. The number of nitrogens with one attached hydrogen (secondary N) is 1. The Kier molecular flexibility index (Phi) is 6.82. The predicted molar refractivity (Wildman–Crippen MR) is 149 cm³/mol. The van der Waals surface area contributed by atoms with Crippen LogP contribution in [0.3, 0.4) is 0 Å². The van der Waals surface area contributed by atoms with Gasteiger partial charge in [0.15, 0.2) is 18.1 Å². The molecule has 7 rings (SSSR count). The molecular weight excluding hydrogens is 586 g/mol. The summed E-state index contributed by atoms with van der Waals surface area (Å²) < 4.78 is 16.9. The Balaban J connectivity index is 1.20. The number of hydrogen-bond acceptors (Lipinski definition) is 10. The first-order valence-corrected chi connectivity index (χ1v) is 15.6. The minimum Gasteiger partial charge on any atom is -0.493 e. The Morgan fingerprint density at radius 2 is 1.83 bits per heavy atom. The molecule has 0 spiro atoms. The summed E-state index contributed by atoms with van der Waals surface area (Å²) in [4.78, 5) is 69.5. The van der Waals surface area contributed by atoms with E-state index in [9.17, 15) is 29.1 Å². The average Bonchev–Trinajstić information content (AvgIpc) is 3.72. The molecule has 2 aliphatic carbocycles. The van der Waals surface area contributed by atoms with Gasteiger partial charge in [0.25, 0.3) is 5.91 Å². The van der Waals surface area contributed by atoms with E-state index in [4.69, 9.17) is 14.2 Å². The number of morpholine rings is 1. The van der Waals surface area contributed by atoms with Crippen LogP contribution in [0.1, 0.15) is 22.8 Å². The summed E-state index contributed by atoms with van der Waals surface area (Å²) in [6.45, 7) is 1.28. The molecule has 0 radical (unpaired) electrons. The number of aromatic amines is 1. The predicted octanol–water partition coefficient (Wildman–Crippen LogP) is 1.24. The number of carboxylic acid groups (broad SMARTS) is 1. The van der Waals surface area contributed by atoms with Crippen molar-refractivity contribution in [2.75, 3.05) is 46.6 Å². The minimum absolute atomic E-state index is 0.0198. The van der Waals surface area contributed by atoms with E-state index in [2.05, 4.69) is 4.98 Å². The summed E-state index contributed by atoms with van der Waals surface area (Å²) >= 11 is 2.71. The highest BCUT2D eigenvalue weighted by atomic mass is 32.2. The van der Waals surface area contributed by atoms with Gasteiger partial charge in [0.05, 0.1) is 37.2 Å². The topological polar surface area (TPSA) is 156 Å². The number of thioether (sulfide) groups is 1. The highest BCUT2D eigenvalue weighted by Gasteiger charge is 2.69. The van der Waals surface area contributed by atoms with Crippen LogP contribution in [0.4, 0.5) is 0 Å². The van der Waals surface area contributed by atoms with Crippen LogP contribution in [0.15, 0.2) is 28.0 Å². The second-order valence-electron chi connectivity index (χ2n) is 11.3. The van der Waals surface area contributed by atoms with Crippen LogP contribution in [-0.2, 0) is 23.9 Å². The van der Waals surface area contributed by atoms with Crippen LogP contribution in [0.2, 0.25) is 0 Å². The molecular formula is C28H29N3O9S2. The summed E-state index contributed by atoms with van der Waals surface area (Å²) in [5.74, 6) is -2.87. The smallest absolute Gasteiger partial charge is 0.323 e. The van der Waals surface area contributed by atoms with Gasteiger partial charge in [-0.15, -0.1) is 11.8 Å². The number of aliphatic carboxylic acids is 1. The number of thiazole rings is 1. The van der Waals surface area contributed by atoms with E-state index >= 15 is 0 Å². The maximum atomic E-state index is 13.4. The van der Waals surface area contributed by atoms with Crippen LogP contribution in [0.5, 0.6) is 11.5 Å². The second kappa shape index (κ2) is 10.4. The lowest BCUT2D eigenvalue weighted by molar-refractivity contribution is -0.149. The van der Waals surface area contributed by atoms with E-state index in [1.54, 1.807) is 22.7 Å². The molecule has 12 nitrogen and oxygen atoms in total. The van der Waals surface area contributed by atoms with E-state index in [1.165, 1.54) is 7.11 Å². The molecule has 42 heavy (non-hydrogen) atoms. The summed E-state index contributed by atoms with van der Waals surface area (Å²) in [7, 11) is 1.53. The normalized spacial score (nSPS) is 31.1. The van der Waals surface area contributed by atoms with E-state index < -0.39 is 36.2 Å². The first kappa shape index (κ1) is 27.5. The van der Waals surface area contributed by atoms with E-state index in [1.807, 2.05) is 12.1 Å². The quantitative estimate of drug-likeness (QED) is 0.435. The number of carbonyl (C=O) groups is 4. The standard InChI is InChI=1S/C28H29N3O9S2/c1-38-16-8-12(2-3-15(16)40-11-17(32)30-4-6-39-7-5-30)19-20-13-9-14(23(20)41-25-24(19)42-28(37)29-25)22-21(13)26(35)31(27(22)36)10-18(33)34/h2-3,8,13-14,19-23H,4-7,9-11H2,1H3,(H,29,37)(H,33,34)/t13?,14?,19-,20?,21?,22?,23?/m1/s1. The SMILES string of the molecule is COc1cc([C@H]2c3sc(=O)[nH]c3SC3C4CC(C5C(=O)N(CC(=O)O)C(=O)C45)C32)ccc1OCC(=O)N1CCOCC1. The number of imide groups is 1. The van der Waals surface area contributed by atoms with Crippen LogP contribution >= 0.6 is 23.1 Å². The maximum absolute atomic E-state index is 13.4. The second-order valence-corrected chi connectivity index (χ2v) is 13.5. The third-order valence-electron chi connectivity index (χ3n) is 9.37. The summed E-state index contributed by atoms with van der Waals surface area (Å²) in [6, 6.07) is 5.54. The lowest BCUT2D eigenvalue weighted by atomic mass is 9.68. The molecule has 3 amide bonds. The van der Waals surface area contributed by atoms with Gasteiger partial charge in [0.1, 0.15) is 6.54 Å². The minimum atomic E-state index is -1.21. The van der Waals surface area contributed by atoms with Gasteiger partial charge >= 0.3 is 10.8 Å². The van der Waals surface area contributed by atoms with Crippen LogP contribution in [0.25, 0.3) is 0 Å². The zero-order chi connectivity index (χ0) is 29.3. The fourth-order valence-corrected chi connectivity index (χ4v) is 10.7. The zero-order valence-corrected chi connectivity index (χ0v) is 24.3. The molecule has 14 heteroatoms. The highest BCUT2D eigenvalue weighted by Crippen LogP contribution is 2.68. The number of carbonyl (C=O) groups excluding carboxylic acids is 3. The Morgan fingerprint density at radius 1 is 1.10 bits per heavy atom. The molecule has 5 aliphatic rings. The van der Waals surface area contributed by atoms with Gasteiger partial charge in [0, 0.05) is 29.1 Å². The molecule has 4 heterocycles. The fourth-order valence-electron chi connectivity index (χ4n) is 7.78.